The average Bonchev–Trinajstić information content (AvgIpc) is 2.25. The van der Waals surface area contributed by atoms with Crippen molar-refractivity contribution >= 4 is 6.41 Å². The molecule has 4 heteroatoms. The topological polar surface area (TPSA) is 52.9 Å². The molecule has 0 spiro atoms. The van der Waals surface area contributed by atoms with Gasteiger partial charge in [0.15, 0.2) is 0 Å². The van der Waals surface area contributed by atoms with Gasteiger partial charge >= 0.3 is 0 Å². The number of carbonyl (C=O) groups excluding carboxylic acids is 1. The van der Waals surface area contributed by atoms with Crippen LogP contribution in [0, 0.1) is 11.3 Å². The van der Waals surface area contributed by atoms with Gasteiger partial charge in [-0.05, 0) is 18.1 Å². The summed E-state index contributed by atoms with van der Waals surface area (Å²) in [6.07, 6.45) is 5.72. The van der Waals surface area contributed by atoms with Crippen molar-refractivity contribution in [3.05, 3.63) is 36.2 Å². The van der Waals surface area contributed by atoms with Crippen LogP contribution in [0.25, 0.3) is 0 Å². The zero-order valence-corrected chi connectivity index (χ0v) is 8.37. The Morgan fingerprint density at radius 3 is 2.80 bits per heavy atom. The Hall–Kier alpha value is -1.89. The van der Waals surface area contributed by atoms with Crippen molar-refractivity contribution in [1.29, 1.82) is 5.26 Å². The van der Waals surface area contributed by atoms with Gasteiger partial charge in [0.1, 0.15) is 5.83 Å². The van der Waals surface area contributed by atoms with E-state index in [2.05, 4.69) is 11.9 Å². The largest absolute Gasteiger partial charge is 0.352 e. The lowest BCUT2D eigenvalue weighted by molar-refractivity contribution is -0.109. The number of hydrogen-bond donors (Lipinski definition) is 1. The molecule has 1 N–H and O–H groups in total. The third-order valence-electron chi connectivity index (χ3n) is 1.62. The summed E-state index contributed by atoms with van der Waals surface area (Å²) in [6, 6.07) is 1.98. The molecule has 0 saturated carbocycles. The number of nitrogens with one attached hydrogen (secondary N) is 1. The van der Waals surface area contributed by atoms with E-state index in [1.807, 2.05) is 6.07 Å². The molecule has 0 aromatic heterocycles. The summed E-state index contributed by atoms with van der Waals surface area (Å²) >= 11 is 0. The third kappa shape index (κ3) is 7.20. The Kier molecular flexibility index (Phi) is 7.60. The van der Waals surface area contributed by atoms with Crippen molar-refractivity contribution in [3.63, 3.8) is 0 Å². The quantitative estimate of drug-likeness (QED) is 0.514. The summed E-state index contributed by atoms with van der Waals surface area (Å²) in [7, 11) is 0. The van der Waals surface area contributed by atoms with Crippen LogP contribution in [0.15, 0.2) is 36.2 Å². The third-order valence-corrected chi connectivity index (χ3v) is 1.62. The summed E-state index contributed by atoms with van der Waals surface area (Å²) in [6.45, 7) is 3.44. The standard InChI is InChI=1S/C11H13FN2O/c1-2-10(6-7-13)4-3-5-11(12)8-14-9-15/h2,4-5,9H,1,3,6,8H2,(H,14,15)/b10-4+,11-5+. The first-order valence-electron chi connectivity index (χ1n) is 4.44. The number of nitriles is 1. The van der Waals surface area contributed by atoms with Crippen LogP contribution < -0.4 is 5.32 Å². The summed E-state index contributed by atoms with van der Waals surface area (Å²) < 4.78 is 12.8. The highest BCUT2D eigenvalue weighted by atomic mass is 19.1. The molecule has 0 fully saturated rings. The van der Waals surface area contributed by atoms with Gasteiger partial charge in [-0.15, -0.1) is 0 Å². The second-order valence-corrected chi connectivity index (χ2v) is 2.70. The molecular weight excluding hydrogens is 195 g/mol. The number of carbonyl (C=O) groups is 1. The first-order chi connectivity index (χ1) is 7.24. The van der Waals surface area contributed by atoms with Gasteiger partial charge in [-0.2, -0.15) is 5.26 Å². The van der Waals surface area contributed by atoms with Crippen molar-refractivity contribution in [2.45, 2.75) is 12.8 Å². The molecule has 0 heterocycles. The highest BCUT2D eigenvalue weighted by Gasteiger charge is 1.92. The van der Waals surface area contributed by atoms with Crippen molar-refractivity contribution in [2.75, 3.05) is 6.54 Å². The number of nitrogens with zero attached hydrogens (tertiary/aromatic N) is 1. The highest BCUT2D eigenvalue weighted by molar-refractivity contribution is 5.46. The van der Waals surface area contributed by atoms with E-state index in [4.69, 9.17) is 5.26 Å². The van der Waals surface area contributed by atoms with Gasteiger partial charge in [-0.25, -0.2) is 4.39 Å². The van der Waals surface area contributed by atoms with Gasteiger partial charge in [-0.1, -0.05) is 18.7 Å². The predicted molar refractivity (Wildman–Crippen MR) is 56.4 cm³/mol. The summed E-state index contributed by atoms with van der Waals surface area (Å²) in [5.41, 5.74) is 0.768. The van der Waals surface area contributed by atoms with Gasteiger partial charge in [0.2, 0.25) is 6.41 Å². The van der Waals surface area contributed by atoms with E-state index in [1.54, 1.807) is 12.2 Å². The van der Waals surface area contributed by atoms with E-state index >= 15 is 0 Å². The molecular formula is C11H13FN2O. The van der Waals surface area contributed by atoms with Crippen LogP contribution in [-0.4, -0.2) is 13.0 Å². The van der Waals surface area contributed by atoms with Gasteiger partial charge in [-0.3, -0.25) is 4.79 Å². The molecule has 1 amide bonds. The summed E-state index contributed by atoms with van der Waals surface area (Å²) in [5, 5.41) is 10.6. The minimum absolute atomic E-state index is 0.0982. The van der Waals surface area contributed by atoms with Crippen LogP contribution in [-0.2, 0) is 4.79 Å². The number of hydrogen-bond acceptors (Lipinski definition) is 2. The Morgan fingerprint density at radius 1 is 1.53 bits per heavy atom. The summed E-state index contributed by atoms with van der Waals surface area (Å²) in [4.78, 5) is 9.86. The maximum Gasteiger partial charge on any atom is 0.207 e. The van der Waals surface area contributed by atoms with Crippen LogP contribution in [0.5, 0.6) is 0 Å². The number of rotatable bonds is 7. The van der Waals surface area contributed by atoms with Gasteiger partial charge < -0.3 is 5.32 Å². The lowest BCUT2D eigenvalue weighted by Gasteiger charge is -1.95. The highest BCUT2D eigenvalue weighted by Crippen LogP contribution is 2.05. The smallest absolute Gasteiger partial charge is 0.207 e. The first-order valence-corrected chi connectivity index (χ1v) is 4.44. The lowest BCUT2D eigenvalue weighted by Crippen LogP contribution is -2.12. The second-order valence-electron chi connectivity index (χ2n) is 2.70. The van der Waals surface area contributed by atoms with E-state index in [0.29, 0.717) is 12.8 Å². The molecule has 15 heavy (non-hydrogen) atoms. The fourth-order valence-corrected chi connectivity index (χ4v) is 0.868. The zero-order chi connectivity index (χ0) is 11.5. The monoisotopic (exact) mass is 208 g/mol. The fraction of sp³-hybridized carbons (Fsp3) is 0.273. The SMILES string of the molecule is C=C/C(=C\C/C=C(/F)CNC=O)CC#N. The van der Waals surface area contributed by atoms with Crippen LogP contribution in [0.1, 0.15) is 12.8 Å². The van der Waals surface area contributed by atoms with Crippen LogP contribution >= 0.6 is 0 Å². The van der Waals surface area contributed by atoms with Crippen molar-refractivity contribution in [2.24, 2.45) is 0 Å². The molecule has 0 unspecified atom stereocenters. The zero-order valence-electron chi connectivity index (χ0n) is 8.37. The molecule has 80 valence electrons. The number of allylic oxidation sites excluding steroid dienone is 4. The van der Waals surface area contributed by atoms with Gasteiger partial charge in [0.05, 0.1) is 19.0 Å². The second kappa shape index (κ2) is 8.70. The van der Waals surface area contributed by atoms with Crippen LogP contribution in [0.2, 0.25) is 0 Å². The normalized spacial score (nSPS) is 11.7. The molecule has 0 aliphatic rings. The minimum Gasteiger partial charge on any atom is -0.352 e. The van der Waals surface area contributed by atoms with Gasteiger partial charge in [0, 0.05) is 0 Å². The van der Waals surface area contributed by atoms with Crippen LogP contribution in [0.3, 0.4) is 0 Å². The van der Waals surface area contributed by atoms with E-state index in [-0.39, 0.29) is 13.0 Å². The fourth-order valence-electron chi connectivity index (χ4n) is 0.868. The first kappa shape index (κ1) is 13.1. The molecule has 0 aliphatic carbocycles. The van der Waals surface area contributed by atoms with E-state index in [1.165, 1.54) is 6.08 Å². The molecule has 0 aromatic rings. The van der Waals surface area contributed by atoms with Gasteiger partial charge in [0.25, 0.3) is 0 Å². The molecule has 3 nitrogen and oxygen atoms in total. The average molecular weight is 208 g/mol. The summed E-state index contributed by atoms with van der Waals surface area (Å²) in [5.74, 6) is -0.404. The molecule has 0 aromatic carbocycles. The molecule has 0 aliphatic heterocycles. The maximum atomic E-state index is 12.8. The Balaban J connectivity index is 4.07. The Labute approximate surface area is 88.6 Å². The maximum absolute atomic E-state index is 12.8. The lowest BCUT2D eigenvalue weighted by atomic mass is 10.1. The Bertz CT molecular complexity index is 313. The number of amides is 1. The molecule has 0 saturated heterocycles. The number of halogens is 1. The van der Waals surface area contributed by atoms with E-state index < -0.39 is 5.83 Å². The minimum atomic E-state index is -0.404. The van der Waals surface area contributed by atoms with Crippen molar-refractivity contribution in [1.82, 2.24) is 5.32 Å². The molecule has 0 rings (SSSR count). The Morgan fingerprint density at radius 2 is 2.27 bits per heavy atom. The molecule has 0 atom stereocenters. The molecule has 0 radical (unpaired) electrons. The molecule has 0 bridgehead atoms. The van der Waals surface area contributed by atoms with Crippen LogP contribution in [0.4, 0.5) is 4.39 Å². The predicted octanol–water partition coefficient (Wildman–Crippen LogP) is 2.00. The van der Waals surface area contributed by atoms with E-state index in [9.17, 15) is 9.18 Å². The van der Waals surface area contributed by atoms with E-state index in [0.717, 1.165) is 5.57 Å². The van der Waals surface area contributed by atoms with Crippen molar-refractivity contribution in [3.8, 4) is 6.07 Å². The van der Waals surface area contributed by atoms with Crippen molar-refractivity contribution < 1.29 is 9.18 Å².